The second-order valence-corrected chi connectivity index (χ2v) is 17.6. The summed E-state index contributed by atoms with van der Waals surface area (Å²) in [5.74, 6) is -5.08. The number of sulfonamides is 1. The molecule has 4 amide bonds. The molecule has 2 heterocycles. The van der Waals surface area contributed by atoms with Crippen LogP contribution in [0.4, 0.5) is 9.18 Å². The van der Waals surface area contributed by atoms with Crippen LogP contribution in [0, 0.1) is 23.1 Å². The molecule has 1 aromatic carbocycles. The maximum absolute atomic E-state index is 14.4. The summed E-state index contributed by atoms with van der Waals surface area (Å²) in [4.78, 5) is 84.8. The van der Waals surface area contributed by atoms with Crippen molar-refractivity contribution in [2.24, 2.45) is 17.3 Å². The Bertz CT molecular complexity index is 1790. The van der Waals surface area contributed by atoms with Crippen molar-refractivity contribution in [1.29, 1.82) is 0 Å². The zero-order chi connectivity index (χ0) is 39.0. The first-order valence-electron chi connectivity index (χ1n) is 18.0. The molecular formula is C37H49FN4O10S. The summed E-state index contributed by atoms with van der Waals surface area (Å²) in [6.07, 6.45) is 0.0339. The van der Waals surface area contributed by atoms with Crippen LogP contribution in [-0.4, -0.2) is 102 Å². The molecule has 1 aromatic rings. The molecule has 3 fully saturated rings. The van der Waals surface area contributed by atoms with Gasteiger partial charge < -0.3 is 19.3 Å². The molecule has 16 heteroatoms. The monoisotopic (exact) mass is 760 g/mol. The number of Topliss-reactive ketones (excluding diaryl/α,β-unsaturated/α-hetero) is 1. The Morgan fingerprint density at radius 3 is 2.43 bits per heavy atom. The number of hydrogen-bond acceptors (Lipinski definition) is 10. The molecule has 5 atom stereocenters. The summed E-state index contributed by atoms with van der Waals surface area (Å²) in [7, 11) is -2.46. The lowest BCUT2D eigenvalue weighted by atomic mass is 9.90. The zero-order valence-electron chi connectivity index (χ0n) is 30.9. The lowest BCUT2D eigenvalue weighted by Crippen LogP contribution is -2.48. The lowest BCUT2D eigenvalue weighted by molar-refractivity contribution is -0.159. The smallest absolute Gasteiger partial charge is 0.410 e. The normalized spacial score (nSPS) is 24.2. The number of ketones is 1. The summed E-state index contributed by atoms with van der Waals surface area (Å²) in [6.45, 7) is 9.92. The van der Waals surface area contributed by atoms with Crippen LogP contribution in [0.15, 0.2) is 30.9 Å². The highest BCUT2D eigenvalue weighted by Crippen LogP contribution is 2.58. The van der Waals surface area contributed by atoms with E-state index in [-0.39, 0.29) is 51.4 Å². The summed E-state index contributed by atoms with van der Waals surface area (Å²) in [5, 5.41) is -0.649. The van der Waals surface area contributed by atoms with E-state index in [1.165, 1.54) is 27.8 Å². The maximum Gasteiger partial charge on any atom is 0.410 e. The van der Waals surface area contributed by atoms with E-state index in [1.54, 1.807) is 32.9 Å². The van der Waals surface area contributed by atoms with Crippen molar-refractivity contribution in [3.63, 3.8) is 0 Å². The number of ether oxygens (including phenoxy) is 2. The molecule has 290 valence electrons. The van der Waals surface area contributed by atoms with Crippen LogP contribution < -0.4 is 4.72 Å². The highest BCUT2D eigenvalue weighted by Gasteiger charge is 2.61. The standard InChI is InChI=1S/C37H49FN4O10S/c1-7-24-16-37(24,34(47)39-53(49,50)26-12-13-26)17-30(43)29-15-25(51-35(48)41-19-22-10-9-11-28(38)27(22)21-41)20-42(29)33(46)23(18-40(6)31(44)8-2)14-32(45)52-36(3,4)5/h8-11,23-26,29H,2,7,12-21H2,1,3-6H3,(H,39,47)/t23-,24+,25?,29?,37+/m0/s1. The molecule has 2 aliphatic heterocycles. The fourth-order valence-corrected chi connectivity index (χ4v) is 8.78. The highest BCUT2D eigenvalue weighted by molar-refractivity contribution is 7.90. The third kappa shape index (κ3) is 9.07. The number of likely N-dealkylation sites (N-methyl/N-ethyl adjacent to an activating group) is 1. The quantitative estimate of drug-likeness (QED) is 0.219. The largest absolute Gasteiger partial charge is 0.460 e. The van der Waals surface area contributed by atoms with Gasteiger partial charge in [-0.05, 0) is 63.7 Å². The third-order valence-corrected chi connectivity index (χ3v) is 12.3. The third-order valence-electron chi connectivity index (χ3n) is 10.5. The van der Waals surface area contributed by atoms with Crippen LogP contribution in [0.2, 0.25) is 0 Å². The van der Waals surface area contributed by atoms with E-state index in [2.05, 4.69) is 11.3 Å². The van der Waals surface area contributed by atoms with Gasteiger partial charge in [-0.15, -0.1) is 0 Å². The minimum atomic E-state index is -3.89. The van der Waals surface area contributed by atoms with Gasteiger partial charge in [0.15, 0.2) is 5.78 Å². The van der Waals surface area contributed by atoms with E-state index in [4.69, 9.17) is 9.47 Å². The summed E-state index contributed by atoms with van der Waals surface area (Å²) in [5.41, 5.74) is -1.18. The van der Waals surface area contributed by atoms with Gasteiger partial charge in [0, 0.05) is 38.5 Å². The van der Waals surface area contributed by atoms with Crippen molar-refractivity contribution in [2.45, 2.75) is 109 Å². The molecule has 2 aliphatic carbocycles. The molecule has 53 heavy (non-hydrogen) atoms. The van der Waals surface area contributed by atoms with Gasteiger partial charge in [-0.3, -0.25) is 33.6 Å². The maximum atomic E-state index is 14.4. The van der Waals surface area contributed by atoms with Crippen LogP contribution in [0.1, 0.15) is 83.8 Å². The van der Waals surface area contributed by atoms with Crippen LogP contribution >= 0.6 is 0 Å². The SMILES string of the molecule is C=CC(=O)N(C)C[C@H](CC(=O)OC(C)(C)C)C(=O)N1CC(OC(=O)N2Cc3cccc(F)c3C2)CC1C(=O)C[C@]1(C(=O)NS(=O)(=O)C2CC2)C[C@H]1CC. The average Bonchev–Trinajstić information content (AvgIpc) is 3.97. The number of amides is 4. The highest BCUT2D eigenvalue weighted by atomic mass is 32.2. The van der Waals surface area contributed by atoms with Gasteiger partial charge >= 0.3 is 12.1 Å². The lowest BCUT2D eigenvalue weighted by Gasteiger charge is -2.31. The van der Waals surface area contributed by atoms with Crippen LogP contribution in [0.25, 0.3) is 0 Å². The van der Waals surface area contributed by atoms with E-state index < -0.39 is 92.2 Å². The minimum absolute atomic E-state index is 0.0278. The molecule has 14 nitrogen and oxygen atoms in total. The van der Waals surface area contributed by atoms with Crippen LogP contribution in [-0.2, 0) is 56.6 Å². The topological polar surface area (TPSA) is 177 Å². The number of fused-ring (bicyclic) bond motifs is 1. The van der Waals surface area contributed by atoms with Gasteiger partial charge in [0.05, 0.1) is 42.1 Å². The zero-order valence-corrected chi connectivity index (χ0v) is 31.7. The number of halogens is 1. The molecule has 0 spiro atoms. The van der Waals surface area contributed by atoms with E-state index >= 15 is 0 Å². The van der Waals surface area contributed by atoms with Crippen molar-refractivity contribution >= 4 is 45.6 Å². The Kier molecular flexibility index (Phi) is 11.4. The number of likely N-dealkylation sites (tertiary alicyclic amines) is 1. The Hall–Kier alpha value is -4.34. The fourth-order valence-electron chi connectivity index (χ4n) is 7.40. The first kappa shape index (κ1) is 39.9. The van der Waals surface area contributed by atoms with Gasteiger partial charge in [0.1, 0.15) is 17.5 Å². The number of carbonyl (C=O) groups excluding carboxylic acids is 6. The van der Waals surface area contributed by atoms with Crippen molar-refractivity contribution in [1.82, 2.24) is 19.4 Å². The Labute approximate surface area is 309 Å². The first-order valence-corrected chi connectivity index (χ1v) is 19.5. The molecule has 0 bridgehead atoms. The summed E-state index contributed by atoms with van der Waals surface area (Å²) < 4.78 is 53.3. The number of carbonyl (C=O) groups is 6. The van der Waals surface area contributed by atoms with Gasteiger partial charge in [0.25, 0.3) is 0 Å². The van der Waals surface area contributed by atoms with E-state index in [1.807, 2.05) is 6.92 Å². The second kappa shape index (κ2) is 15.2. The molecule has 0 aromatic heterocycles. The van der Waals surface area contributed by atoms with Gasteiger partial charge in [0.2, 0.25) is 27.7 Å². The number of esters is 1. The van der Waals surface area contributed by atoms with Gasteiger partial charge in [-0.1, -0.05) is 32.1 Å². The Morgan fingerprint density at radius 1 is 1.15 bits per heavy atom. The summed E-state index contributed by atoms with van der Waals surface area (Å²) >= 11 is 0. The van der Waals surface area contributed by atoms with Crippen molar-refractivity contribution in [3.05, 3.63) is 47.8 Å². The molecular weight excluding hydrogens is 711 g/mol. The molecule has 5 rings (SSSR count). The minimum Gasteiger partial charge on any atom is -0.460 e. The predicted octanol–water partition coefficient (Wildman–Crippen LogP) is 3.22. The van der Waals surface area contributed by atoms with Crippen LogP contribution in [0.5, 0.6) is 0 Å². The molecule has 1 N–H and O–H groups in total. The molecule has 0 radical (unpaired) electrons. The second-order valence-electron chi connectivity index (χ2n) is 15.7. The van der Waals surface area contributed by atoms with E-state index in [9.17, 15) is 41.6 Å². The van der Waals surface area contributed by atoms with Crippen LogP contribution in [0.3, 0.4) is 0 Å². The van der Waals surface area contributed by atoms with Crippen molar-refractivity contribution in [3.8, 4) is 0 Å². The average molecular weight is 761 g/mol. The summed E-state index contributed by atoms with van der Waals surface area (Å²) in [6, 6.07) is 3.34. The van der Waals surface area contributed by atoms with E-state index in [0.29, 0.717) is 30.4 Å². The van der Waals surface area contributed by atoms with Gasteiger partial charge in [-0.2, -0.15) is 0 Å². The predicted molar refractivity (Wildman–Crippen MR) is 188 cm³/mol. The molecule has 2 saturated carbocycles. The fraction of sp³-hybridized carbons (Fsp3) is 0.622. The molecule has 4 aliphatic rings. The van der Waals surface area contributed by atoms with Crippen molar-refractivity contribution in [2.75, 3.05) is 20.1 Å². The number of nitrogens with zero attached hydrogens (tertiary/aromatic N) is 3. The number of nitrogens with one attached hydrogen (secondary N) is 1. The molecule has 1 saturated heterocycles. The Balaban J connectivity index is 1.40. The van der Waals surface area contributed by atoms with E-state index in [0.717, 1.165) is 6.08 Å². The number of rotatable bonds is 14. The Morgan fingerprint density at radius 2 is 1.85 bits per heavy atom. The molecule has 2 unspecified atom stereocenters. The number of benzene rings is 1. The van der Waals surface area contributed by atoms with Gasteiger partial charge in [-0.25, -0.2) is 17.6 Å². The number of hydrogen-bond donors (Lipinski definition) is 1. The first-order chi connectivity index (χ1) is 24.8. The van der Waals surface area contributed by atoms with Crippen molar-refractivity contribution < 1.29 is 51.0 Å².